The molecule has 0 saturated carbocycles. The Balaban J connectivity index is 2.22. The summed E-state index contributed by atoms with van der Waals surface area (Å²) in [5.41, 5.74) is -0.0240. The summed E-state index contributed by atoms with van der Waals surface area (Å²) in [5, 5.41) is 8.67. The Bertz CT molecular complexity index is 502. The molecule has 0 N–H and O–H groups in total. The third kappa shape index (κ3) is 2.69. The third-order valence-corrected chi connectivity index (χ3v) is 3.80. The number of likely N-dealkylation sites (tertiary alicyclic amines) is 1. The predicted molar refractivity (Wildman–Crippen MR) is 70.0 cm³/mol. The lowest BCUT2D eigenvalue weighted by Gasteiger charge is -2.36. The summed E-state index contributed by atoms with van der Waals surface area (Å²) in [6, 6.07) is 4.67. The number of rotatable bonds is 2. The fraction of sp³-hybridized carbons (Fsp3) is 0.500. The molecule has 1 aromatic carbocycles. The van der Waals surface area contributed by atoms with Crippen molar-refractivity contribution in [2.75, 3.05) is 32.1 Å². The van der Waals surface area contributed by atoms with Gasteiger partial charge in [-0.1, -0.05) is 0 Å². The van der Waals surface area contributed by atoms with E-state index >= 15 is 0 Å². The molecule has 1 heterocycles. The van der Waals surface area contributed by atoms with Crippen LogP contribution in [-0.2, 0) is 0 Å². The first-order valence-electron chi connectivity index (χ1n) is 6.34. The quantitative estimate of drug-likeness (QED) is 0.822. The highest BCUT2D eigenvalue weighted by Gasteiger charge is 2.24. The lowest BCUT2D eigenvalue weighted by atomic mass is 10.0. The second-order valence-corrected chi connectivity index (χ2v) is 5.02. The molecule has 0 radical (unpaired) electrons. The van der Waals surface area contributed by atoms with Gasteiger partial charge in [-0.15, -0.1) is 0 Å². The molecule has 0 amide bonds. The summed E-state index contributed by atoms with van der Waals surface area (Å²) in [5.74, 6) is -1.99. The summed E-state index contributed by atoms with van der Waals surface area (Å²) >= 11 is 0. The Labute approximate surface area is 112 Å². The van der Waals surface area contributed by atoms with Gasteiger partial charge in [-0.25, -0.2) is 8.78 Å². The Morgan fingerprint density at radius 1 is 1.26 bits per heavy atom. The zero-order chi connectivity index (χ0) is 14.0. The lowest BCUT2D eigenvalue weighted by Crippen LogP contribution is -2.42. The van der Waals surface area contributed by atoms with Crippen molar-refractivity contribution in [1.29, 1.82) is 5.26 Å². The molecule has 1 aromatic rings. The van der Waals surface area contributed by atoms with Crippen LogP contribution in [-0.4, -0.2) is 38.1 Å². The van der Waals surface area contributed by atoms with Gasteiger partial charge >= 0.3 is 0 Å². The molecule has 19 heavy (non-hydrogen) atoms. The van der Waals surface area contributed by atoms with Gasteiger partial charge in [-0.2, -0.15) is 5.26 Å². The van der Waals surface area contributed by atoms with E-state index in [1.807, 2.05) is 0 Å². The molecule has 0 spiro atoms. The van der Waals surface area contributed by atoms with Crippen molar-refractivity contribution in [3.8, 4) is 6.07 Å². The van der Waals surface area contributed by atoms with Crippen LogP contribution in [0.3, 0.4) is 0 Å². The topological polar surface area (TPSA) is 30.3 Å². The minimum atomic E-state index is -1.06. The molecule has 0 bridgehead atoms. The van der Waals surface area contributed by atoms with Crippen LogP contribution in [0.1, 0.15) is 18.4 Å². The van der Waals surface area contributed by atoms with E-state index in [1.165, 1.54) is 12.1 Å². The molecular weight excluding hydrogens is 248 g/mol. The summed E-state index contributed by atoms with van der Waals surface area (Å²) in [4.78, 5) is 4.01. The highest BCUT2D eigenvalue weighted by Crippen LogP contribution is 2.27. The first kappa shape index (κ1) is 13.8. The minimum absolute atomic E-state index is 0.207. The van der Waals surface area contributed by atoms with Crippen LogP contribution in [0.4, 0.5) is 14.5 Å². The molecule has 0 aromatic heterocycles. The van der Waals surface area contributed by atoms with E-state index in [1.54, 1.807) is 18.0 Å². The summed E-state index contributed by atoms with van der Waals surface area (Å²) in [7, 11) is 3.83. The molecule has 0 atom stereocenters. The van der Waals surface area contributed by atoms with Crippen LogP contribution >= 0.6 is 0 Å². The maximum Gasteiger partial charge on any atom is 0.183 e. The van der Waals surface area contributed by atoms with Crippen LogP contribution in [0, 0.1) is 23.0 Å². The van der Waals surface area contributed by atoms with Gasteiger partial charge in [0.05, 0.1) is 11.3 Å². The molecule has 2 rings (SSSR count). The highest BCUT2D eigenvalue weighted by atomic mass is 19.2. The number of nitrogens with zero attached hydrogens (tertiary/aromatic N) is 3. The molecule has 1 fully saturated rings. The number of halogens is 2. The normalized spacial score (nSPS) is 17.2. The molecule has 1 saturated heterocycles. The van der Waals surface area contributed by atoms with Gasteiger partial charge in [0, 0.05) is 13.1 Å². The van der Waals surface area contributed by atoms with Gasteiger partial charge in [-0.05, 0) is 45.1 Å². The van der Waals surface area contributed by atoms with Crippen molar-refractivity contribution in [3.05, 3.63) is 29.3 Å². The van der Waals surface area contributed by atoms with E-state index in [0.717, 1.165) is 25.9 Å². The second-order valence-electron chi connectivity index (χ2n) is 5.02. The number of benzene rings is 1. The van der Waals surface area contributed by atoms with Crippen molar-refractivity contribution >= 4 is 5.69 Å². The number of hydrogen-bond acceptors (Lipinski definition) is 3. The second kappa shape index (κ2) is 5.54. The van der Waals surface area contributed by atoms with Crippen molar-refractivity contribution < 1.29 is 8.78 Å². The monoisotopic (exact) mass is 265 g/mol. The van der Waals surface area contributed by atoms with Crippen molar-refractivity contribution in [2.24, 2.45) is 0 Å². The molecule has 0 aliphatic carbocycles. The molecule has 102 valence electrons. The first-order chi connectivity index (χ1) is 9.04. The fourth-order valence-corrected chi connectivity index (χ4v) is 2.48. The van der Waals surface area contributed by atoms with Gasteiger partial charge in [0.1, 0.15) is 6.07 Å². The van der Waals surface area contributed by atoms with Crippen LogP contribution in [0.25, 0.3) is 0 Å². The van der Waals surface area contributed by atoms with Crippen LogP contribution in [0.2, 0.25) is 0 Å². The van der Waals surface area contributed by atoms with E-state index in [4.69, 9.17) is 5.26 Å². The largest absolute Gasteiger partial charge is 0.369 e. The number of hydrogen-bond donors (Lipinski definition) is 0. The van der Waals surface area contributed by atoms with Crippen LogP contribution < -0.4 is 4.90 Å². The van der Waals surface area contributed by atoms with Gasteiger partial charge in [-0.3, -0.25) is 0 Å². The van der Waals surface area contributed by atoms with E-state index in [-0.39, 0.29) is 17.3 Å². The van der Waals surface area contributed by atoms with Crippen LogP contribution in [0.15, 0.2) is 12.1 Å². The molecule has 1 aliphatic rings. The van der Waals surface area contributed by atoms with Gasteiger partial charge in [0.2, 0.25) is 0 Å². The summed E-state index contributed by atoms with van der Waals surface area (Å²) in [6.07, 6.45) is 1.85. The lowest BCUT2D eigenvalue weighted by molar-refractivity contribution is 0.252. The molecular formula is C14H17F2N3. The summed E-state index contributed by atoms with van der Waals surface area (Å²) < 4.78 is 27.6. The Morgan fingerprint density at radius 2 is 1.89 bits per heavy atom. The van der Waals surface area contributed by atoms with E-state index < -0.39 is 11.6 Å². The van der Waals surface area contributed by atoms with Crippen molar-refractivity contribution in [3.63, 3.8) is 0 Å². The third-order valence-electron chi connectivity index (χ3n) is 3.80. The van der Waals surface area contributed by atoms with Gasteiger partial charge in [0.15, 0.2) is 11.6 Å². The highest BCUT2D eigenvalue weighted by molar-refractivity contribution is 5.52. The first-order valence-corrected chi connectivity index (χ1v) is 6.34. The molecule has 0 unspecified atom stereocenters. The fourth-order valence-electron chi connectivity index (χ4n) is 2.48. The minimum Gasteiger partial charge on any atom is -0.369 e. The van der Waals surface area contributed by atoms with Crippen molar-refractivity contribution in [2.45, 2.75) is 18.9 Å². The Hall–Kier alpha value is -1.67. The Kier molecular flexibility index (Phi) is 4.01. The van der Waals surface area contributed by atoms with E-state index in [9.17, 15) is 8.78 Å². The number of anilines is 1. The smallest absolute Gasteiger partial charge is 0.183 e. The Morgan fingerprint density at radius 3 is 2.47 bits per heavy atom. The summed E-state index contributed by atoms with van der Waals surface area (Å²) in [6.45, 7) is 1.91. The standard InChI is InChI=1S/C14H17F2N3/c1-18-7-5-11(6-8-18)19(2)12-4-3-10(9-17)13(15)14(12)16/h3-4,11H,5-8H2,1-2H3. The van der Waals surface area contributed by atoms with Gasteiger partial charge < -0.3 is 9.80 Å². The zero-order valence-corrected chi connectivity index (χ0v) is 11.2. The number of nitriles is 1. The SMILES string of the molecule is CN1CCC(N(C)c2ccc(C#N)c(F)c2F)CC1. The van der Waals surface area contributed by atoms with E-state index in [2.05, 4.69) is 11.9 Å². The maximum atomic E-state index is 14.0. The van der Waals surface area contributed by atoms with Crippen LogP contribution in [0.5, 0.6) is 0 Å². The number of piperidine rings is 1. The van der Waals surface area contributed by atoms with Gasteiger partial charge in [0.25, 0.3) is 0 Å². The zero-order valence-electron chi connectivity index (χ0n) is 11.2. The maximum absolute atomic E-state index is 14.0. The van der Waals surface area contributed by atoms with Crippen molar-refractivity contribution in [1.82, 2.24) is 4.90 Å². The predicted octanol–water partition coefficient (Wildman–Crippen LogP) is 2.37. The average molecular weight is 265 g/mol. The molecule has 1 aliphatic heterocycles. The molecule has 5 heteroatoms. The van der Waals surface area contributed by atoms with E-state index in [0.29, 0.717) is 0 Å². The average Bonchev–Trinajstić information content (AvgIpc) is 2.42. The molecule has 3 nitrogen and oxygen atoms in total.